The predicted octanol–water partition coefficient (Wildman–Crippen LogP) is 2.31. The van der Waals surface area contributed by atoms with E-state index in [0.29, 0.717) is 31.3 Å². The van der Waals surface area contributed by atoms with Gasteiger partial charge in [-0.15, -0.1) is 0 Å². The lowest BCUT2D eigenvalue weighted by Crippen LogP contribution is -2.28. The zero-order chi connectivity index (χ0) is 14.8. The Balaban J connectivity index is 1.73. The third kappa shape index (κ3) is 2.84. The molecule has 0 bridgehead atoms. The van der Waals surface area contributed by atoms with Gasteiger partial charge in [-0.1, -0.05) is 6.42 Å². The number of hydrogen-bond acceptors (Lipinski definition) is 3. The zero-order valence-electron chi connectivity index (χ0n) is 11.6. The van der Waals surface area contributed by atoms with Gasteiger partial charge in [0, 0.05) is 18.8 Å². The number of esters is 1. The summed E-state index contributed by atoms with van der Waals surface area (Å²) in [4.78, 5) is 25.1. The molecule has 2 amide bonds. The third-order valence-electron chi connectivity index (χ3n) is 4.01. The van der Waals surface area contributed by atoms with E-state index < -0.39 is 11.8 Å². The minimum atomic E-state index is -0.666. The van der Waals surface area contributed by atoms with Gasteiger partial charge in [0.15, 0.2) is 0 Å². The van der Waals surface area contributed by atoms with Crippen LogP contribution >= 0.6 is 0 Å². The normalized spacial score (nSPS) is 18.3. The number of urea groups is 1. The number of rotatable bonds is 4. The maximum absolute atomic E-state index is 13.8. The van der Waals surface area contributed by atoms with Gasteiger partial charge in [0.25, 0.3) is 0 Å². The highest BCUT2D eigenvalue weighted by molar-refractivity contribution is 5.96. The monoisotopic (exact) mass is 292 g/mol. The lowest BCUT2D eigenvalue weighted by molar-refractivity contribution is 0.0366. The average molecular weight is 292 g/mol. The minimum Gasteiger partial charge on any atom is -0.462 e. The molecule has 1 aliphatic carbocycles. The van der Waals surface area contributed by atoms with Gasteiger partial charge in [0.05, 0.1) is 12.2 Å². The summed E-state index contributed by atoms with van der Waals surface area (Å²) < 4.78 is 19.0. The molecule has 1 saturated heterocycles. The molecule has 1 heterocycles. The van der Waals surface area contributed by atoms with Gasteiger partial charge in [-0.25, -0.2) is 14.0 Å². The molecule has 1 aromatic rings. The minimum absolute atomic E-state index is 0.119. The Labute approximate surface area is 122 Å². The van der Waals surface area contributed by atoms with E-state index in [9.17, 15) is 14.0 Å². The van der Waals surface area contributed by atoms with Crippen molar-refractivity contribution >= 4 is 17.7 Å². The van der Waals surface area contributed by atoms with Gasteiger partial charge in [-0.05, 0) is 37.0 Å². The largest absolute Gasteiger partial charge is 0.462 e. The smallest absolute Gasteiger partial charge is 0.341 e. The van der Waals surface area contributed by atoms with Crippen LogP contribution in [-0.4, -0.2) is 31.7 Å². The summed E-state index contributed by atoms with van der Waals surface area (Å²) in [6.07, 6.45) is 3.28. The van der Waals surface area contributed by atoms with Gasteiger partial charge in [0.2, 0.25) is 0 Å². The van der Waals surface area contributed by atoms with Crippen molar-refractivity contribution in [2.45, 2.75) is 19.3 Å². The molecule has 6 heteroatoms. The molecular weight excluding hydrogens is 275 g/mol. The van der Waals surface area contributed by atoms with Crippen molar-refractivity contribution in [3.05, 3.63) is 29.6 Å². The standard InChI is InChI=1S/C15H17FN2O3/c16-13-5-4-11(18-7-6-17-15(18)20)8-12(13)14(19)21-9-10-2-1-3-10/h4-5,8,10H,1-3,6-7,9H2,(H,17,20). The van der Waals surface area contributed by atoms with Crippen molar-refractivity contribution in [1.82, 2.24) is 5.32 Å². The fourth-order valence-corrected chi connectivity index (χ4v) is 2.49. The van der Waals surface area contributed by atoms with E-state index in [4.69, 9.17) is 4.74 Å². The number of halogens is 1. The summed E-state index contributed by atoms with van der Waals surface area (Å²) in [5.74, 6) is -0.887. The molecule has 2 aliphatic rings. The van der Waals surface area contributed by atoms with Crippen LogP contribution < -0.4 is 10.2 Å². The Kier molecular flexibility index (Phi) is 3.77. The van der Waals surface area contributed by atoms with E-state index in [2.05, 4.69) is 5.32 Å². The highest BCUT2D eigenvalue weighted by Gasteiger charge is 2.25. The molecule has 0 unspecified atom stereocenters. The van der Waals surface area contributed by atoms with Crippen LogP contribution in [0.5, 0.6) is 0 Å². The first-order valence-corrected chi connectivity index (χ1v) is 7.17. The average Bonchev–Trinajstić information content (AvgIpc) is 2.83. The Bertz CT molecular complexity index is 572. The van der Waals surface area contributed by atoms with Crippen LogP contribution in [0.2, 0.25) is 0 Å². The number of carbonyl (C=O) groups is 2. The predicted molar refractivity (Wildman–Crippen MR) is 74.8 cm³/mol. The SMILES string of the molecule is O=C(OCC1CCC1)c1cc(N2CCNC2=O)ccc1F. The van der Waals surface area contributed by atoms with Crippen LogP contribution in [0.15, 0.2) is 18.2 Å². The molecule has 0 atom stereocenters. The lowest BCUT2D eigenvalue weighted by Gasteiger charge is -2.24. The molecule has 21 heavy (non-hydrogen) atoms. The second-order valence-electron chi connectivity index (χ2n) is 5.44. The first-order valence-electron chi connectivity index (χ1n) is 7.17. The molecule has 1 aromatic carbocycles. The van der Waals surface area contributed by atoms with E-state index in [0.717, 1.165) is 19.3 Å². The number of nitrogens with one attached hydrogen (secondary N) is 1. The number of carbonyl (C=O) groups excluding carboxylic acids is 2. The molecule has 1 aliphatic heterocycles. The van der Waals surface area contributed by atoms with Gasteiger partial charge in [0.1, 0.15) is 5.82 Å². The maximum atomic E-state index is 13.8. The number of nitrogens with zero attached hydrogens (tertiary/aromatic N) is 1. The van der Waals surface area contributed by atoms with Crippen molar-refractivity contribution < 1.29 is 18.7 Å². The molecular formula is C15H17FN2O3. The first-order chi connectivity index (χ1) is 10.1. The quantitative estimate of drug-likeness (QED) is 0.866. The molecule has 1 N–H and O–H groups in total. The highest BCUT2D eigenvalue weighted by Crippen LogP contribution is 2.27. The van der Waals surface area contributed by atoms with E-state index >= 15 is 0 Å². The Hall–Kier alpha value is -2.11. The Morgan fingerprint density at radius 3 is 2.86 bits per heavy atom. The molecule has 0 spiro atoms. The van der Waals surface area contributed by atoms with E-state index in [1.807, 2.05) is 0 Å². The second-order valence-corrected chi connectivity index (χ2v) is 5.44. The molecule has 1 saturated carbocycles. The first kappa shape index (κ1) is 13.9. The van der Waals surface area contributed by atoms with Crippen molar-refractivity contribution in [2.24, 2.45) is 5.92 Å². The fourth-order valence-electron chi connectivity index (χ4n) is 2.49. The molecule has 0 radical (unpaired) electrons. The van der Waals surface area contributed by atoms with Gasteiger partial charge >= 0.3 is 12.0 Å². The fraction of sp³-hybridized carbons (Fsp3) is 0.467. The summed E-state index contributed by atoms with van der Waals surface area (Å²) in [7, 11) is 0. The van der Waals surface area contributed by atoms with Crippen molar-refractivity contribution in [3.8, 4) is 0 Å². The molecule has 0 aromatic heterocycles. The highest BCUT2D eigenvalue weighted by atomic mass is 19.1. The lowest BCUT2D eigenvalue weighted by atomic mass is 9.86. The van der Waals surface area contributed by atoms with Crippen LogP contribution in [-0.2, 0) is 4.74 Å². The van der Waals surface area contributed by atoms with Gasteiger partial charge in [-0.3, -0.25) is 4.90 Å². The summed E-state index contributed by atoms with van der Waals surface area (Å²) >= 11 is 0. The Morgan fingerprint density at radius 1 is 1.43 bits per heavy atom. The number of benzene rings is 1. The van der Waals surface area contributed by atoms with Gasteiger partial charge < -0.3 is 10.1 Å². The Morgan fingerprint density at radius 2 is 2.24 bits per heavy atom. The maximum Gasteiger partial charge on any atom is 0.341 e. The van der Waals surface area contributed by atoms with Crippen molar-refractivity contribution in [1.29, 1.82) is 0 Å². The number of anilines is 1. The molecule has 3 rings (SSSR count). The summed E-state index contributed by atoms with van der Waals surface area (Å²) in [6.45, 7) is 1.38. The van der Waals surface area contributed by atoms with Crippen LogP contribution in [0, 0.1) is 11.7 Å². The second kappa shape index (κ2) is 5.71. The van der Waals surface area contributed by atoms with E-state index in [1.165, 1.54) is 23.1 Å². The zero-order valence-corrected chi connectivity index (χ0v) is 11.6. The molecule has 5 nitrogen and oxygen atoms in total. The summed E-state index contributed by atoms with van der Waals surface area (Å²) in [5, 5.41) is 2.66. The molecule has 2 fully saturated rings. The summed E-state index contributed by atoms with van der Waals surface area (Å²) in [5.41, 5.74) is 0.383. The van der Waals surface area contributed by atoms with Crippen molar-refractivity contribution in [3.63, 3.8) is 0 Å². The van der Waals surface area contributed by atoms with Crippen LogP contribution in [0.25, 0.3) is 0 Å². The summed E-state index contributed by atoms with van der Waals surface area (Å²) in [6, 6.07) is 3.82. The topological polar surface area (TPSA) is 58.6 Å². The van der Waals surface area contributed by atoms with Crippen LogP contribution in [0.3, 0.4) is 0 Å². The van der Waals surface area contributed by atoms with E-state index in [-0.39, 0.29) is 11.6 Å². The van der Waals surface area contributed by atoms with Crippen LogP contribution in [0.4, 0.5) is 14.9 Å². The number of amides is 2. The van der Waals surface area contributed by atoms with Gasteiger partial charge in [-0.2, -0.15) is 0 Å². The molecule has 112 valence electrons. The van der Waals surface area contributed by atoms with E-state index in [1.54, 1.807) is 0 Å². The van der Waals surface area contributed by atoms with Crippen LogP contribution in [0.1, 0.15) is 29.6 Å². The van der Waals surface area contributed by atoms with Crippen molar-refractivity contribution in [2.75, 3.05) is 24.6 Å². The number of ether oxygens (including phenoxy) is 1. The third-order valence-corrected chi connectivity index (χ3v) is 4.01. The number of hydrogen-bond donors (Lipinski definition) is 1.